The van der Waals surface area contributed by atoms with Gasteiger partial charge in [-0.25, -0.2) is 4.79 Å². The number of aryl methyl sites for hydroxylation is 1. The Morgan fingerprint density at radius 2 is 1.79 bits per heavy atom. The molecule has 0 bridgehead atoms. The van der Waals surface area contributed by atoms with E-state index in [1.807, 2.05) is 12.1 Å². The lowest BCUT2D eigenvalue weighted by molar-refractivity contribution is 0.0378. The zero-order valence-corrected chi connectivity index (χ0v) is 19.2. The first-order chi connectivity index (χ1) is 15.8. The molecule has 3 N–H and O–H groups in total. The van der Waals surface area contributed by atoms with Crippen LogP contribution in [0.25, 0.3) is 10.9 Å². The Bertz CT molecular complexity index is 1200. The molecule has 1 aromatic heterocycles. The number of nitrogens with one attached hydrogen (secondary N) is 2. The summed E-state index contributed by atoms with van der Waals surface area (Å²) in [6.45, 7) is 5.68. The molecule has 3 aromatic rings. The number of H-pyrrole nitrogens is 1. The summed E-state index contributed by atoms with van der Waals surface area (Å²) in [6, 6.07) is 11.6. The zero-order valence-electron chi connectivity index (χ0n) is 19.2. The van der Waals surface area contributed by atoms with Crippen LogP contribution in [-0.2, 0) is 11.2 Å². The Morgan fingerprint density at radius 3 is 2.45 bits per heavy atom. The fraction of sp³-hybridized carbons (Fsp3) is 0.346. The molecule has 33 heavy (non-hydrogen) atoms. The van der Waals surface area contributed by atoms with Crippen LogP contribution in [0, 0.1) is 0 Å². The third-order valence-corrected chi connectivity index (χ3v) is 5.32. The van der Waals surface area contributed by atoms with Gasteiger partial charge in [-0.2, -0.15) is 0 Å². The average Bonchev–Trinajstić information content (AvgIpc) is 2.76. The molecule has 0 radical (unpaired) electrons. The van der Waals surface area contributed by atoms with Crippen LogP contribution in [0.15, 0.2) is 47.3 Å². The lowest BCUT2D eigenvalue weighted by Gasteiger charge is -2.11. The standard InChI is InChI=1S/C26H30N2O5/c1-4-5-6-7-8-17-9-14-20-21(15-17)28-25(31)22(23(20)29)24(30)27-19-12-10-18(11-13-19)26(32)33-16(2)3/h9-16H,4-8H2,1-3H3,(H,27,30)(H2,28,29,31). The van der Waals surface area contributed by atoms with Gasteiger partial charge in [0.2, 0.25) is 0 Å². The highest BCUT2D eigenvalue weighted by Gasteiger charge is 2.20. The van der Waals surface area contributed by atoms with Crippen molar-refractivity contribution >= 4 is 28.5 Å². The van der Waals surface area contributed by atoms with E-state index in [-0.39, 0.29) is 17.4 Å². The molecule has 0 fully saturated rings. The summed E-state index contributed by atoms with van der Waals surface area (Å²) in [5.41, 5.74) is 1.26. The lowest BCUT2D eigenvalue weighted by Crippen LogP contribution is -2.23. The fourth-order valence-electron chi connectivity index (χ4n) is 3.62. The number of hydrogen-bond donors (Lipinski definition) is 3. The molecule has 0 unspecified atom stereocenters. The van der Waals surface area contributed by atoms with Crippen molar-refractivity contribution in [3.05, 3.63) is 69.5 Å². The Kier molecular flexibility index (Phi) is 7.87. The molecule has 0 aliphatic rings. The van der Waals surface area contributed by atoms with E-state index in [1.165, 1.54) is 37.1 Å². The number of aromatic amines is 1. The largest absolute Gasteiger partial charge is 0.506 e. The summed E-state index contributed by atoms with van der Waals surface area (Å²) in [7, 11) is 0. The summed E-state index contributed by atoms with van der Waals surface area (Å²) in [5.74, 6) is -1.56. The van der Waals surface area contributed by atoms with E-state index >= 15 is 0 Å². The predicted octanol–water partition coefficient (Wildman–Crippen LogP) is 5.17. The van der Waals surface area contributed by atoms with Crippen LogP contribution >= 0.6 is 0 Å². The van der Waals surface area contributed by atoms with Crippen molar-refractivity contribution in [1.29, 1.82) is 0 Å². The molecule has 1 heterocycles. The highest BCUT2D eigenvalue weighted by atomic mass is 16.5. The minimum absolute atomic E-state index is 0.239. The number of pyridine rings is 1. The number of ether oxygens (including phenoxy) is 1. The Labute approximate surface area is 192 Å². The van der Waals surface area contributed by atoms with E-state index in [0.29, 0.717) is 22.2 Å². The number of aromatic hydroxyl groups is 1. The number of fused-ring (bicyclic) bond motifs is 1. The van der Waals surface area contributed by atoms with Crippen molar-refractivity contribution in [2.24, 2.45) is 0 Å². The summed E-state index contributed by atoms with van der Waals surface area (Å²) >= 11 is 0. The summed E-state index contributed by atoms with van der Waals surface area (Å²) < 4.78 is 5.13. The number of hydrogen-bond acceptors (Lipinski definition) is 5. The van der Waals surface area contributed by atoms with Crippen molar-refractivity contribution in [3.8, 4) is 5.75 Å². The van der Waals surface area contributed by atoms with Gasteiger partial charge in [0.05, 0.1) is 17.2 Å². The van der Waals surface area contributed by atoms with Gasteiger partial charge in [-0.05, 0) is 68.7 Å². The van der Waals surface area contributed by atoms with E-state index in [2.05, 4.69) is 17.2 Å². The maximum absolute atomic E-state index is 12.8. The molecule has 0 aliphatic heterocycles. The van der Waals surface area contributed by atoms with Gasteiger partial charge in [-0.3, -0.25) is 9.59 Å². The van der Waals surface area contributed by atoms with E-state index in [1.54, 1.807) is 19.9 Å². The number of carbonyl (C=O) groups excluding carboxylic acids is 2. The molecule has 7 heteroatoms. The van der Waals surface area contributed by atoms with Crippen LogP contribution in [-0.4, -0.2) is 28.1 Å². The van der Waals surface area contributed by atoms with Gasteiger partial charge in [0.1, 0.15) is 11.3 Å². The number of carbonyl (C=O) groups is 2. The molecule has 3 rings (SSSR count). The van der Waals surface area contributed by atoms with Crippen LogP contribution in [0.1, 0.15) is 72.7 Å². The molecule has 1 amide bonds. The molecular formula is C26H30N2O5. The molecule has 0 saturated carbocycles. The van der Waals surface area contributed by atoms with Crippen molar-refractivity contribution in [2.75, 3.05) is 5.32 Å². The molecule has 0 aliphatic carbocycles. The number of esters is 1. The van der Waals surface area contributed by atoms with Crippen molar-refractivity contribution in [2.45, 2.75) is 59.0 Å². The van der Waals surface area contributed by atoms with Crippen LogP contribution < -0.4 is 10.9 Å². The number of benzene rings is 2. The van der Waals surface area contributed by atoms with E-state index < -0.39 is 17.4 Å². The number of unbranched alkanes of at least 4 members (excludes halogenated alkanes) is 3. The first kappa shape index (κ1) is 24.0. The minimum Gasteiger partial charge on any atom is -0.506 e. The monoisotopic (exact) mass is 450 g/mol. The SMILES string of the molecule is CCCCCCc1ccc2c(O)c(C(=O)Nc3ccc(C(=O)OC(C)C)cc3)c(=O)[nH]c2c1. The Morgan fingerprint density at radius 1 is 1.06 bits per heavy atom. The normalized spacial score (nSPS) is 11.0. The average molecular weight is 451 g/mol. The maximum Gasteiger partial charge on any atom is 0.338 e. The van der Waals surface area contributed by atoms with Crippen LogP contribution in [0.3, 0.4) is 0 Å². The third kappa shape index (κ3) is 6.00. The molecule has 0 saturated heterocycles. The molecular weight excluding hydrogens is 420 g/mol. The van der Waals surface area contributed by atoms with E-state index in [9.17, 15) is 19.5 Å². The first-order valence-electron chi connectivity index (χ1n) is 11.3. The van der Waals surface area contributed by atoms with Gasteiger partial charge in [0, 0.05) is 11.1 Å². The molecule has 2 aromatic carbocycles. The smallest absolute Gasteiger partial charge is 0.338 e. The highest BCUT2D eigenvalue weighted by molar-refractivity contribution is 6.09. The Balaban J connectivity index is 1.78. The second-order valence-corrected chi connectivity index (χ2v) is 8.35. The lowest BCUT2D eigenvalue weighted by atomic mass is 10.0. The van der Waals surface area contributed by atoms with Gasteiger partial charge < -0.3 is 20.1 Å². The number of rotatable bonds is 9. The third-order valence-electron chi connectivity index (χ3n) is 5.32. The number of amides is 1. The second kappa shape index (κ2) is 10.8. The topological polar surface area (TPSA) is 108 Å². The van der Waals surface area contributed by atoms with Crippen molar-refractivity contribution in [3.63, 3.8) is 0 Å². The molecule has 7 nitrogen and oxygen atoms in total. The maximum atomic E-state index is 12.8. The van der Waals surface area contributed by atoms with Crippen LogP contribution in [0.4, 0.5) is 5.69 Å². The van der Waals surface area contributed by atoms with Crippen LogP contribution in [0.2, 0.25) is 0 Å². The van der Waals surface area contributed by atoms with Crippen molar-refractivity contribution in [1.82, 2.24) is 4.98 Å². The predicted molar refractivity (Wildman–Crippen MR) is 129 cm³/mol. The molecule has 174 valence electrons. The van der Waals surface area contributed by atoms with Gasteiger partial charge in [0.25, 0.3) is 11.5 Å². The van der Waals surface area contributed by atoms with Gasteiger partial charge >= 0.3 is 5.97 Å². The quantitative estimate of drug-likeness (QED) is 0.308. The second-order valence-electron chi connectivity index (χ2n) is 8.35. The molecule has 0 atom stereocenters. The molecule has 0 spiro atoms. The first-order valence-corrected chi connectivity index (χ1v) is 11.3. The van der Waals surface area contributed by atoms with Gasteiger partial charge in [-0.1, -0.05) is 32.3 Å². The van der Waals surface area contributed by atoms with Crippen molar-refractivity contribution < 1.29 is 19.4 Å². The summed E-state index contributed by atoms with van der Waals surface area (Å²) in [6.07, 6.45) is 5.21. The summed E-state index contributed by atoms with van der Waals surface area (Å²) in [4.78, 5) is 40.0. The fourth-order valence-corrected chi connectivity index (χ4v) is 3.62. The van der Waals surface area contributed by atoms with Gasteiger partial charge in [0.15, 0.2) is 0 Å². The Hall–Kier alpha value is -3.61. The number of aromatic nitrogens is 1. The minimum atomic E-state index is -0.739. The zero-order chi connectivity index (χ0) is 24.0. The van der Waals surface area contributed by atoms with Crippen LogP contribution in [0.5, 0.6) is 5.75 Å². The van der Waals surface area contributed by atoms with E-state index in [0.717, 1.165) is 24.8 Å². The van der Waals surface area contributed by atoms with Gasteiger partial charge in [-0.15, -0.1) is 0 Å². The highest BCUT2D eigenvalue weighted by Crippen LogP contribution is 2.27. The summed E-state index contributed by atoms with van der Waals surface area (Å²) in [5, 5.41) is 13.7. The van der Waals surface area contributed by atoms with E-state index in [4.69, 9.17) is 4.74 Å². The number of anilines is 1.